The molecule has 0 atom stereocenters. The minimum atomic E-state index is -3.09. The lowest BCUT2D eigenvalue weighted by molar-refractivity contribution is 0.110. The first-order valence-electron chi connectivity index (χ1n) is 3.25. The first-order chi connectivity index (χ1) is 6.07. The van der Waals surface area contributed by atoms with E-state index in [1.165, 1.54) is 0 Å². The fourth-order valence-corrected chi connectivity index (χ4v) is 0.890. The highest BCUT2D eigenvalue weighted by Gasteiger charge is 2.19. The number of carbonyl (C=O) groups is 1. The standard InChI is InChI=1S/C7H5F2NO3/c8-6(9)5-3(2-11)4(12)1-10-7(5)13/h1-2,6,12H,(H,10,13). The van der Waals surface area contributed by atoms with Gasteiger partial charge in [0.1, 0.15) is 5.75 Å². The third kappa shape index (κ3) is 1.56. The average molecular weight is 189 g/mol. The summed E-state index contributed by atoms with van der Waals surface area (Å²) in [5.41, 5.74) is -2.75. The number of aromatic nitrogens is 1. The van der Waals surface area contributed by atoms with E-state index in [1.54, 1.807) is 0 Å². The number of aromatic amines is 1. The van der Waals surface area contributed by atoms with Gasteiger partial charge in [-0.15, -0.1) is 0 Å². The zero-order valence-corrected chi connectivity index (χ0v) is 6.25. The molecule has 4 nitrogen and oxygen atoms in total. The van der Waals surface area contributed by atoms with Crippen molar-refractivity contribution in [1.82, 2.24) is 4.98 Å². The van der Waals surface area contributed by atoms with Crippen LogP contribution in [0.15, 0.2) is 11.0 Å². The number of pyridine rings is 1. The molecule has 13 heavy (non-hydrogen) atoms. The van der Waals surface area contributed by atoms with Gasteiger partial charge in [0.25, 0.3) is 12.0 Å². The van der Waals surface area contributed by atoms with Crippen molar-refractivity contribution >= 4 is 6.29 Å². The van der Waals surface area contributed by atoms with Gasteiger partial charge >= 0.3 is 0 Å². The molecule has 6 heteroatoms. The second kappa shape index (κ2) is 3.34. The number of aldehydes is 1. The molecule has 0 aliphatic carbocycles. The summed E-state index contributed by atoms with van der Waals surface area (Å²) in [5.74, 6) is -0.662. The highest BCUT2D eigenvalue weighted by molar-refractivity contribution is 5.81. The van der Waals surface area contributed by atoms with E-state index in [1.807, 2.05) is 4.98 Å². The van der Waals surface area contributed by atoms with Gasteiger partial charge in [-0.1, -0.05) is 0 Å². The Morgan fingerprint density at radius 3 is 2.54 bits per heavy atom. The van der Waals surface area contributed by atoms with E-state index >= 15 is 0 Å². The quantitative estimate of drug-likeness (QED) is 0.677. The van der Waals surface area contributed by atoms with Crippen molar-refractivity contribution in [3.63, 3.8) is 0 Å². The zero-order valence-electron chi connectivity index (χ0n) is 6.25. The Balaban J connectivity index is 3.53. The second-order valence-electron chi connectivity index (χ2n) is 2.25. The number of hydrogen-bond acceptors (Lipinski definition) is 3. The largest absolute Gasteiger partial charge is 0.506 e. The van der Waals surface area contributed by atoms with Gasteiger partial charge in [-0.05, 0) is 0 Å². The Hall–Kier alpha value is -1.72. The van der Waals surface area contributed by atoms with Crippen LogP contribution < -0.4 is 5.56 Å². The third-order valence-electron chi connectivity index (χ3n) is 1.49. The molecule has 0 fully saturated rings. The van der Waals surface area contributed by atoms with Crippen LogP contribution in [0.4, 0.5) is 8.78 Å². The van der Waals surface area contributed by atoms with Crippen LogP contribution in [0.1, 0.15) is 22.3 Å². The van der Waals surface area contributed by atoms with Crippen molar-refractivity contribution in [2.24, 2.45) is 0 Å². The minimum Gasteiger partial charge on any atom is -0.506 e. The third-order valence-corrected chi connectivity index (χ3v) is 1.49. The number of rotatable bonds is 2. The molecule has 0 bridgehead atoms. The molecular weight excluding hydrogens is 184 g/mol. The van der Waals surface area contributed by atoms with Gasteiger partial charge in [-0.2, -0.15) is 0 Å². The van der Waals surface area contributed by atoms with E-state index in [9.17, 15) is 18.4 Å². The Kier molecular flexibility index (Phi) is 2.41. The fraction of sp³-hybridized carbons (Fsp3) is 0.143. The Morgan fingerprint density at radius 2 is 2.15 bits per heavy atom. The van der Waals surface area contributed by atoms with Crippen LogP contribution >= 0.6 is 0 Å². The Morgan fingerprint density at radius 1 is 1.54 bits per heavy atom. The lowest BCUT2D eigenvalue weighted by atomic mass is 10.1. The molecule has 1 heterocycles. The zero-order chi connectivity index (χ0) is 10.0. The molecule has 1 rings (SSSR count). The molecule has 1 aromatic rings. The van der Waals surface area contributed by atoms with Crippen LogP contribution in [0.5, 0.6) is 5.75 Å². The molecule has 0 aromatic carbocycles. The van der Waals surface area contributed by atoms with Crippen molar-refractivity contribution in [2.75, 3.05) is 0 Å². The molecule has 0 aliphatic rings. The predicted molar refractivity (Wildman–Crippen MR) is 39.1 cm³/mol. The maximum Gasteiger partial charge on any atom is 0.269 e. The van der Waals surface area contributed by atoms with Crippen LogP contribution in [0.25, 0.3) is 0 Å². The predicted octanol–water partition coefficient (Wildman–Crippen LogP) is 0.831. The fourth-order valence-electron chi connectivity index (χ4n) is 0.890. The van der Waals surface area contributed by atoms with Crippen molar-refractivity contribution < 1.29 is 18.7 Å². The van der Waals surface area contributed by atoms with Gasteiger partial charge in [-0.3, -0.25) is 9.59 Å². The molecular formula is C7H5F2NO3. The molecule has 70 valence electrons. The molecule has 0 aliphatic heterocycles. The van der Waals surface area contributed by atoms with E-state index in [-0.39, 0.29) is 6.29 Å². The van der Waals surface area contributed by atoms with Gasteiger partial charge in [-0.25, -0.2) is 8.78 Å². The number of halogens is 2. The maximum atomic E-state index is 12.2. The van der Waals surface area contributed by atoms with Gasteiger partial charge in [0, 0.05) is 6.20 Å². The smallest absolute Gasteiger partial charge is 0.269 e. The first-order valence-corrected chi connectivity index (χ1v) is 3.25. The molecule has 0 radical (unpaired) electrons. The summed E-state index contributed by atoms with van der Waals surface area (Å²) in [6.45, 7) is 0. The SMILES string of the molecule is O=Cc1c(O)c[nH]c(=O)c1C(F)F. The number of hydrogen-bond donors (Lipinski definition) is 2. The summed E-state index contributed by atoms with van der Waals surface area (Å²) in [6.07, 6.45) is -2.28. The maximum absolute atomic E-state index is 12.2. The number of alkyl halides is 2. The van der Waals surface area contributed by atoms with Gasteiger partial charge in [0.05, 0.1) is 11.1 Å². The summed E-state index contributed by atoms with van der Waals surface area (Å²) in [6, 6.07) is 0. The number of carbonyl (C=O) groups excluding carboxylic acids is 1. The van der Waals surface area contributed by atoms with Crippen LogP contribution in [0.3, 0.4) is 0 Å². The molecule has 0 saturated carbocycles. The van der Waals surface area contributed by atoms with Crippen LogP contribution in [-0.4, -0.2) is 16.4 Å². The molecule has 1 aromatic heterocycles. The van der Waals surface area contributed by atoms with Crippen molar-refractivity contribution in [2.45, 2.75) is 6.43 Å². The number of nitrogens with one attached hydrogen (secondary N) is 1. The van der Waals surface area contributed by atoms with Crippen LogP contribution in [0, 0.1) is 0 Å². The average Bonchev–Trinajstić information content (AvgIpc) is 2.07. The Labute approximate surface area is 70.8 Å². The van der Waals surface area contributed by atoms with Gasteiger partial charge in [0.2, 0.25) is 0 Å². The molecule has 2 N–H and O–H groups in total. The van der Waals surface area contributed by atoms with Crippen molar-refractivity contribution in [1.29, 1.82) is 0 Å². The van der Waals surface area contributed by atoms with Crippen molar-refractivity contribution in [3.8, 4) is 5.75 Å². The van der Waals surface area contributed by atoms with E-state index in [4.69, 9.17) is 5.11 Å². The highest BCUT2D eigenvalue weighted by Crippen LogP contribution is 2.23. The summed E-state index contributed by atoms with van der Waals surface area (Å²) in [4.78, 5) is 22.9. The first kappa shape index (κ1) is 9.37. The number of aromatic hydroxyl groups is 1. The molecule has 0 saturated heterocycles. The Bertz CT molecular complexity index is 386. The monoisotopic (exact) mass is 189 g/mol. The highest BCUT2D eigenvalue weighted by atomic mass is 19.3. The second-order valence-corrected chi connectivity index (χ2v) is 2.25. The lowest BCUT2D eigenvalue weighted by Crippen LogP contribution is -2.15. The number of H-pyrrole nitrogens is 1. The van der Waals surface area contributed by atoms with Crippen LogP contribution in [0.2, 0.25) is 0 Å². The van der Waals surface area contributed by atoms with Crippen molar-refractivity contribution in [3.05, 3.63) is 27.7 Å². The van der Waals surface area contributed by atoms with E-state index in [2.05, 4.69) is 0 Å². The normalized spacial score (nSPS) is 10.4. The summed E-state index contributed by atoms with van der Waals surface area (Å²) >= 11 is 0. The summed E-state index contributed by atoms with van der Waals surface area (Å²) in [5, 5.41) is 8.93. The lowest BCUT2D eigenvalue weighted by Gasteiger charge is -2.02. The van der Waals surface area contributed by atoms with E-state index in [0.29, 0.717) is 0 Å². The molecule has 0 unspecified atom stereocenters. The summed E-state index contributed by atoms with van der Waals surface area (Å²) in [7, 11) is 0. The molecule has 0 amide bonds. The minimum absolute atomic E-state index is 0.0199. The van der Waals surface area contributed by atoms with Crippen LogP contribution in [-0.2, 0) is 0 Å². The topological polar surface area (TPSA) is 70.2 Å². The van der Waals surface area contributed by atoms with E-state index in [0.717, 1.165) is 6.20 Å². The summed E-state index contributed by atoms with van der Waals surface area (Å²) < 4.78 is 24.3. The molecule has 0 spiro atoms. The van der Waals surface area contributed by atoms with Gasteiger partial charge in [0.15, 0.2) is 6.29 Å². The van der Waals surface area contributed by atoms with Gasteiger partial charge < -0.3 is 10.1 Å². The van der Waals surface area contributed by atoms with E-state index < -0.39 is 28.9 Å².